The summed E-state index contributed by atoms with van der Waals surface area (Å²) in [6.07, 6.45) is 5.30. The van der Waals surface area contributed by atoms with E-state index in [0.717, 1.165) is 50.2 Å². The molecule has 2 aromatic heterocycles. The molecule has 1 aromatic carbocycles. The van der Waals surface area contributed by atoms with Crippen LogP contribution in [0.25, 0.3) is 11.2 Å². The minimum atomic E-state index is -0.000379. The number of hydrogen-bond acceptors (Lipinski definition) is 8. The van der Waals surface area contributed by atoms with Crippen LogP contribution in [0.3, 0.4) is 0 Å². The summed E-state index contributed by atoms with van der Waals surface area (Å²) in [6, 6.07) is 11.4. The standard InChI is InChI=1S/C29H41N9O/c1-4-30-28-31-14-26-27(32-28)38(29(39)36(26)11-5-10-35-18-22-12-24(35)16-33(22)2)15-20-6-8-21(9-7-20)37-19-23-13-25(37)17-34(23)3/h6-9,14,22-25H,4-5,10-13,15-19H2,1-3H3,(H,30,31,32). The Labute approximate surface area is 230 Å². The van der Waals surface area contributed by atoms with E-state index in [2.05, 4.69) is 68.3 Å². The van der Waals surface area contributed by atoms with E-state index in [1.54, 1.807) is 0 Å². The molecule has 39 heavy (non-hydrogen) atoms. The van der Waals surface area contributed by atoms with Crippen LogP contribution in [0.4, 0.5) is 11.6 Å². The van der Waals surface area contributed by atoms with E-state index < -0.39 is 0 Å². The summed E-state index contributed by atoms with van der Waals surface area (Å²) in [6.45, 7) is 9.54. The van der Waals surface area contributed by atoms with E-state index in [-0.39, 0.29) is 5.69 Å². The molecule has 208 valence electrons. The quantitative estimate of drug-likeness (QED) is 0.448. The lowest BCUT2D eigenvalue weighted by Gasteiger charge is -2.33. The molecule has 4 unspecified atom stereocenters. The van der Waals surface area contributed by atoms with Crippen molar-refractivity contribution in [3.63, 3.8) is 0 Å². The Morgan fingerprint density at radius 1 is 0.897 bits per heavy atom. The molecule has 0 saturated carbocycles. The molecule has 4 atom stereocenters. The van der Waals surface area contributed by atoms with Crippen LogP contribution in [0.2, 0.25) is 0 Å². The summed E-state index contributed by atoms with van der Waals surface area (Å²) in [5.74, 6) is 0.567. The number of nitrogens with one attached hydrogen (secondary N) is 1. The van der Waals surface area contributed by atoms with Crippen molar-refractivity contribution >= 4 is 22.8 Å². The molecule has 4 saturated heterocycles. The van der Waals surface area contributed by atoms with Gasteiger partial charge >= 0.3 is 5.69 Å². The first-order valence-electron chi connectivity index (χ1n) is 14.7. The molecule has 0 radical (unpaired) electrons. The Balaban J connectivity index is 1.10. The Kier molecular flexibility index (Phi) is 6.36. The third-order valence-electron chi connectivity index (χ3n) is 9.67. The molecule has 4 aliphatic rings. The highest BCUT2D eigenvalue weighted by Crippen LogP contribution is 2.34. The smallest absolute Gasteiger partial charge is 0.330 e. The van der Waals surface area contributed by atoms with Crippen molar-refractivity contribution in [3.8, 4) is 0 Å². The van der Waals surface area contributed by atoms with Gasteiger partial charge in [0.15, 0.2) is 5.65 Å². The van der Waals surface area contributed by atoms with E-state index in [9.17, 15) is 4.79 Å². The minimum Gasteiger partial charge on any atom is -0.366 e. The van der Waals surface area contributed by atoms with Gasteiger partial charge in [-0.25, -0.2) is 9.78 Å². The molecule has 10 heteroatoms. The molecule has 0 aliphatic carbocycles. The fourth-order valence-electron chi connectivity index (χ4n) is 7.51. The maximum Gasteiger partial charge on any atom is 0.330 e. The molecular weight excluding hydrogens is 490 g/mol. The first kappa shape index (κ1) is 25.0. The van der Waals surface area contributed by atoms with Gasteiger partial charge in [-0.3, -0.25) is 18.9 Å². The Morgan fingerprint density at radius 2 is 1.64 bits per heavy atom. The van der Waals surface area contributed by atoms with Gasteiger partial charge in [-0.2, -0.15) is 4.98 Å². The van der Waals surface area contributed by atoms with Gasteiger partial charge in [-0.1, -0.05) is 12.1 Å². The van der Waals surface area contributed by atoms with E-state index in [1.807, 2.05) is 22.3 Å². The van der Waals surface area contributed by atoms with Crippen LogP contribution in [0.1, 0.15) is 31.7 Å². The van der Waals surface area contributed by atoms with Crippen molar-refractivity contribution in [1.82, 2.24) is 33.8 Å². The number of anilines is 2. The van der Waals surface area contributed by atoms with Gasteiger partial charge in [0.1, 0.15) is 5.52 Å². The number of aromatic nitrogens is 4. The van der Waals surface area contributed by atoms with Crippen LogP contribution in [0.5, 0.6) is 0 Å². The average Bonchev–Trinajstić information content (AvgIpc) is 3.74. The Hall–Kier alpha value is -2.95. The Morgan fingerprint density at radius 3 is 2.28 bits per heavy atom. The summed E-state index contributed by atoms with van der Waals surface area (Å²) in [5.41, 5.74) is 3.92. The maximum atomic E-state index is 13.8. The number of rotatable bonds is 9. The maximum absolute atomic E-state index is 13.8. The van der Waals surface area contributed by atoms with Crippen LogP contribution in [-0.2, 0) is 13.1 Å². The summed E-state index contributed by atoms with van der Waals surface area (Å²) in [7, 11) is 4.47. The van der Waals surface area contributed by atoms with Crippen molar-refractivity contribution < 1.29 is 0 Å². The highest BCUT2D eigenvalue weighted by Gasteiger charge is 2.42. The SMILES string of the molecule is CCNc1ncc2c(n1)n(Cc1ccc(N3CC4CC3CN4C)cc1)c(=O)n2CCCN1CC2CC1CN2C. The highest BCUT2D eigenvalue weighted by molar-refractivity contribution is 5.72. The highest BCUT2D eigenvalue weighted by atomic mass is 16.1. The lowest BCUT2D eigenvalue weighted by Crippen LogP contribution is -2.45. The molecule has 4 aliphatic heterocycles. The van der Waals surface area contributed by atoms with E-state index in [4.69, 9.17) is 4.98 Å². The van der Waals surface area contributed by atoms with Crippen molar-refractivity contribution in [2.45, 2.75) is 63.4 Å². The summed E-state index contributed by atoms with van der Waals surface area (Å²) in [5, 5.41) is 3.21. The number of benzene rings is 1. The number of aryl methyl sites for hydroxylation is 1. The molecule has 0 amide bonds. The van der Waals surface area contributed by atoms with Gasteiger partial charge in [0.2, 0.25) is 5.95 Å². The van der Waals surface area contributed by atoms with Crippen molar-refractivity contribution in [2.75, 3.05) is 63.6 Å². The first-order valence-corrected chi connectivity index (χ1v) is 14.7. The fourth-order valence-corrected chi connectivity index (χ4v) is 7.51. The van der Waals surface area contributed by atoms with Crippen LogP contribution < -0.4 is 15.9 Å². The monoisotopic (exact) mass is 531 g/mol. The predicted molar refractivity (Wildman–Crippen MR) is 155 cm³/mol. The van der Waals surface area contributed by atoms with E-state index >= 15 is 0 Å². The molecule has 0 spiro atoms. The van der Waals surface area contributed by atoms with Crippen molar-refractivity contribution in [1.29, 1.82) is 0 Å². The summed E-state index contributed by atoms with van der Waals surface area (Å²) in [4.78, 5) is 33.2. The molecule has 1 N–H and O–H groups in total. The van der Waals surface area contributed by atoms with Gasteiger partial charge < -0.3 is 15.1 Å². The first-order chi connectivity index (χ1) is 19.0. The van der Waals surface area contributed by atoms with Crippen LogP contribution >= 0.6 is 0 Å². The van der Waals surface area contributed by atoms with Gasteiger partial charge in [0, 0.05) is 75.7 Å². The molecule has 7 rings (SSSR count). The number of fused-ring (bicyclic) bond motifs is 5. The number of piperazine rings is 2. The zero-order valence-corrected chi connectivity index (χ0v) is 23.5. The Bertz CT molecular complexity index is 1390. The molecule has 4 fully saturated rings. The van der Waals surface area contributed by atoms with Crippen LogP contribution in [0.15, 0.2) is 35.3 Å². The zero-order valence-electron chi connectivity index (χ0n) is 23.5. The van der Waals surface area contributed by atoms with Gasteiger partial charge in [0.05, 0.1) is 12.7 Å². The second kappa shape index (κ2) is 9.91. The normalized spacial score (nSPS) is 27.0. The van der Waals surface area contributed by atoms with Crippen LogP contribution in [-0.4, -0.2) is 111 Å². The fraction of sp³-hybridized carbons (Fsp3) is 0.621. The second-order valence-corrected chi connectivity index (χ2v) is 12.1. The topological polar surface area (TPSA) is 77.7 Å². The lowest BCUT2D eigenvalue weighted by molar-refractivity contribution is 0.147. The van der Waals surface area contributed by atoms with E-state index in [1.165, 1.54) is 25.1 Å². The van der Waals surface area contributed by atoms with Crippen molar-refractivity contribution in [3.05, 3.63) is 46.5 Å². The van der Waals surface area contributed by atoms with Crippen molar-refractivity contribution in [2.24, 2.45) is 0 Å². The molecule has 3 aromatic rings. The summed E-state index contributed by atoms with van der Waals surface area (Å²) < 4.78 is 3.71. The minimum absolute atomic E-state index is 0.000379. The number of imidazole rings is 1. The molecule has 4 bridgehead atoms. The lowest BCUT2D eigenvalue weighted by atomic mass is 10.1. The van der Waals surface area contributed by atoms with Gasteiger partial charge in [-0.15, -0.1) is 0 Å². The number of likely N-dealkylation sites (tertiary alicyclic amines) is 3. The molecular formula is C29H41N9O. The largest absolute Gasteiger partial charge is 0.366 e. The number of likely N-dealkylation sites (N-methyl/N-ethyl adjacent to an activating group) is 2. The summed E-state index contributed by atoms with van der Waals surface area (Å²) >= 11 is 0. The average molecular weight is 532 g/mol. The predicted octanol–water partition coefficient (Wildman–Crippen LogP) is 1.74. The second-order valence-electron chi connectivity index (χ2n) is 12.1. The van der Waals surface area contributed by atoms with Crippen LogP contribution in [0, 0.1) is 0 Å². The zero-order chi connectivity index (χ0) is 26.7. The molecule has 10 nitrogen and oxygen atoms in total. The van der Waals surface area contributed by atoms with E-state index in [0.29, 0.717) is 48.9 Å². The molecule has 6 heterocycles. The third kappa shape index (κ3) is 4.42. The van der Waals surface area contributed by atoms with Gasteiger partial charge in [0.25, 0.3) is 0 Å². The number of nitrogens with zero attached hydrogens (tertiary/aromatic N) is 8. The third-order valence-corrected chi connectivity index (χ3v) is 9.67. The number of hydrogen-bond donors (Lipinski definition) is 1. The van der Waals surface area contributed by atoms with Gasteiger partial charge in [-0.05, 0) is 58.0 Å².